The van der Waals surface area contributed by atoms with Gasteiger partial charge >= 0.3 is 10.1 Å². The Morgan fingerprint density at radius 3 is 1.91 bits per heavy atom. The third kappa shape index (κ3) is 3.79. The molecule has 1 fully saturated rings. The van der Waals surface area contributed by atoms with Crippen molar-refractivity contribution in [3.8, 4) is 17.2 Å². The van der Waals surface area contributed by atoms with Crippen LogP contribution in [-0.4, -0.2) is 36.1 Å². The number of benzene rings is 3. The molecule has 3 aromatic rings. The van der Waals surface area contributed by atoms with Crippen molar-refractivity contribution in [3.05, 3.63) is 88.4 Å². The minimum atomic E-state index is -3.98. The van der Waals surface area contributed by atoms with Crippen molar-refractivity contribution in [3.63, 3.8) is 0 Å². The number of rotatable bonds is 5. The first-order chi connectivity index (χ1) is 15.3. The van der Waals surface area contributed by atoms with Crippen LogP contribution in [0.2, 0.25) is 0 Å². The van der Waals surface area contributed by atoms with Crippen molar-refractivity contribution < 1.29 is 27.6 Å². The number of phenols is 2. The second-order valence-corrected chi connectivity index (χ2v) is 10.4. The first kappa shape index (κ1) is 21.1. The summed E-state index contributed by atoms with van der Waals surface area (Å²) in [6, 6.07) is 20.0. The number of aromatic hydroxyl groups is 2. The molecule has 0 spiro atoms. The normalized spacial score (nSPS) is 22.3. The molecule has 1 saturated heterocycles. The van der Waals surface area contributed by atoms with E-state index >= 15 is 0 Å². The van der Waals surface area contributed by atoms with E-state index in [9.17, 15) is 18.6 Å². The predicted molar refractivity (Wildman–Crippen MR) is 124 cm³/mol. The van der Waals surface area contributed by atoms with Gasteiger partial charge in [-0.3, -0.25) is 0 Å². The molecule has 3 aromatic carbocycles. The van der Waals surface area contributed by atoms with Crippen LogP contribution in [0, 0.1) is 0 Å². The molecule has 0 aliphatic carbocycles. The van der Waals surface area contributed by atoms with Crippen LogP contribution >= 0.6 is 15.9 Å². The minimum absolute atomic E-state index is 0.118. The Hall–Kier alpha value is -2.81. The van der Waals surface area contributed by atoms with E-state index in [1.165, 1.54) is 0 Å². The van der Waals surface area contributed by atoms with Crippen LogP contribution in [0.3, 0.4) is 0 Å². The van der Waals surface area contributed by atoms with Crippen LogP contribution in [0.4, 0.5) is 0 Å². The molecule has 8 heteroatoms. The standard InChI is InChI=1S/C24H19BrO6S/c25-16-5-11-19(12-6-16)31-32(28,29)21-13-20-22(14-1-7-17(26)8-2-14)23(24(21)30-20)15-3-9-18(27)10-4-15/h1-12,20-21,24,26-27H,13H2/t20-,21+,24+/m0/s1. The fourth-order valence-corrected chi connectivity index (χ4v) is 6.00. The average molecular weight is 515 g/mol. The monoisotopic (exact) mass is 514 g/mol. The van der Waals surface area contributed by atoms with Crippen LogP contribution in [0.5, 0.6) is 17.2 Å². The first-order valence-corrected chi connectivity index (χ1v) is 12.3. The number of hydrogen-bond acceptors (Lipinski definition) is 6. The summed E-state index contributed by atoms with van der Waals surface area (Å²) in [4.78, 5) is 0. The van der Waals surface area contributed by atoms with Crippen LogP contribution < -0.4 is 4.18 Å². The van der Waals surface area contributed by atoms with Crippen LogP contribution in [0.1, 0.15) is 17.5 Å². The molecule has 0 radical (unpaired) electrons. The van der Waals surface area contributed by atoms with Gasteiger partial charge in [-0.15, -0.1) is 0 Å². The summed E-state index contributed by atoms with van der Waals surface area (Å²) in [5, 5.41) is 18.5. The Labute approximate surface area is 194 Å². The van der Waals surface area contributed by atoms with Gasteiger partial charge in [0.1, 0.15) is 28.6 Å². The second-order valence-electron chi connectivity index (χ2n) is 7.77. The van der Waals surface area contributed by atoms with Gasteiger partial charge in [-0.2, -0.15) is 8.42 Å². The molecular weight excluding hydrogens is 496 g/mol. The quantitative estimate of drug-likeness (QED) is 0.478. The summed E-state index contributed by atoms with van der Waals surface area (Å²) in [6.45, 7) is 0. The fraction of sp³-hybridized carbons (Fsp3) is 0.167. The molecule has 6 nitrogen and oxygen atoms in total. The number of phenolic OH excluding ortho intramolecular Hbond substituents is 2. The molecule has 2 aliphatic heterocycles. The van der Waals surface area contributed by atoms with Crippen molar-refractivity contribution in [2.24, 2.45) is 0 Å². The summed E-state index contributed by atoms with van der Waals surface area (Å²) in [7, 11) is -3.98. The lowest BCUT2D eigenvalue weighted by Crippen LogP contribution is -2.35. The number of halogens is 1. The summed E-state index contributed by atoms with van der Waals surface area (Å²) in [5.41, 5.74) is 3.25. The van der Waals surface area contributed by atoms with Crippen molar-refractivity contribution in [2.75, 3.05) is 0 Å². The Kier molecular flexibility index (Phi) is 5.23. The van der Waals surface area contributed by atoms with Crippen LogP contribution in [0.25, 0.3) is 11.1 Å². The van der Waals surface area contributed by atoms with Crippen molar-refractivity contribution >= 4 is 37.2 Å². The first-order valence-electron chi connectivity index (χ1n) is 9.99. The highest BCUT2D eigenvalue weighted by Crippen LogP contribution is 2.51. The van der Waals surface area contributed by atoms with Gasteiger partial charge in [0, 0.05) is 10.9 Å². The maximum absolute atomic E-state index is 13.2. The lowest BCUT2D eigenvalue weighted by molar-refractivity contribution is 0.128. The van der Waals surface area contributed by atoms with Gasteiger partial charge in [0.25, 0.3) is 0 Å². The largest absolute Gasteiger partial charge is 0.508 e. The summed E-state index contributed by atoms with van der Waals surface area (Å²) in [6.07, 6.45) is -0.878. The summed E-state index contributed by atoms with van der Waals surface area (Å²) < 4.78 is 38.8. The molecule has 2 heterocycles. The maximum Gasteiger partial charge on any atom is 0.315 e. The van der Waals surface area contributed by atoms with Crippen LogP contribution in [-0.2, 0) is 14.9 Å². The minimum Gasteiger partial charge on any atom is -0.508 e. The molecular formula is C24H19BrO6S. The van der Waals surface area contributed by atoms with Gasteiger partial charge in [-0.05, 0) is 70.8 Å². The number of fused-ring (bicyclic) bond motifs is 2. The van der Waals surface area contributed by atoms with E-state index in [2.05, 4.69) is 15.9 Å². The third-order valence-corrected chi connectivity index (χ3v) is 7.88. The highest BCUT2D eigenvalue weighted by atomic mass is 79.9. The Morgan fingerprint density at radius 1 is 0.812 bits per heavy atom. The molecule has 5 rings (SSSR count). The zero-order chi connectivity index (χ0) is 22.5. The zero-order valence-electron chi connectivity index (χ0n) is 16.7. The molecule has 2 N–H and O–H groups in total. The van der Waals surface area contributed by atoms with Gasteiger partial charge in [0.05, 0.1) is 6.10 Å². The van der Waals surface area contributed by atoms with E-state index in [1.807, 2.05) is 0 Å². The fourth-order valence-electron chi connectivity index (χ4n) is 4.32. The molecule has 164 valence electrons. The maximum atomic E-state index is 13.2. The lowest BCUT2D eigenvalue weighted by Gasteiger charge is -2.24. The molecule has 32 heavy (non-hydrogen) atoms. The van der Waals surface area contributed by atoms with E-state index in [0.29, 0.717) is 0 Å². The number of ether oxygens (including phenoxy) is 1. The molecule has 0 unspecified atom stereocenters. The highest BCUT2D eigenvalue weighted by Gasteiger charge is 2.53. The van der Waals surface area contributed by atoms with Crippen molar-refractivity contribution in [1.82, 2.24) is 0 Å². The van der Waals surface area contributed by atoms with Gasteiger partial charge in [-0.25, -0.2) is 0 Å². The Balaban J connectivity index is 1.56. The Morgan fingerprint density at radius 2 is 1.34 bits per heavy atom. The number of hydrogen-bond donors (Lipinski definition) is 2. The van der Waals surface area contributed by atoms with E-state index < -0.39 is 27.6 Å². The summed E-state index contributed by atoms with van der Waals surface area (Å²) >= 11 is 3.33. The molecule has 0 aromatic heterocycles. The molecule has 0 saturated carbocycles. The molecule has 2 bridgehead atoms. The predicted octanol–water partition coefficient (Wildman–Crippen LogP) is 4.72. The van der Waals surface area contributed by atoms with Gasteiger partial charge in [-0.1, -0.05) is 40.2 Å². The third-order valence-electron chi connectivity index (χ3n) is 5.75. The van der Waals surface area contributed by atoms with Gasteiger partial charge < -0.3 is 19.1 Å². The van der Waals surface area contributed by atoms with E-state index in [4.69, 9.17) is 8.92 Å². The molecule has 2 aliphatic rings. The van der Waals surface area contributed by atoms with Crippen molar-refractivity contribution in [1.29, 1.82) is 0 Å². The lowest BCUT2D eigenvalue weighted by atomic mass is 9.83. The van der Waals surface area contributed by atoms with E-state index in [-0.39, 0.29) is 23.7 Å². The van der Waals surface area contributed by atoms with Crippen molar-refractivity contribution in [2.45, 2.75) is 23.9 Å². The topological polar surface area (TPSA) is 93.1 Å². The van der Waals surface area contributed by atoms with E-state index in [0.717, 1.165) is 26.7 Å². The second kappa shape index (κ2) is 7.95. The average Bonchev–Trinajstić information content (AvgIpc) is 3.36. The van der Waals surface area contributed by atoms with Gasteiger partial charge in [0.15, 0.2) is 0 Å². The van der Waals surface area contributed by atoms with Crippen LogP contribution in [0.15, 0.2) is 77.3 Å². The molecule has 3 atom stereocenters. The Bertz CT molecular complexity index is 1280. The smallest absolute Gasteiger partial charge is 0.315 e. The molecule has 0 amide bonds. The SMILES string of the molecule is O=S(=O)(Oc1ccc(Br)cc1)[C@@H]1C[C@@H]2O[C@H]1C(c1ccc(O)cc1)=C2c1ccc(O)cc1. The van der Waals surface area contributed by atoms with E-state index in [1.54, 1.807) is 72.8 Å². The van der Waals surface area contributed by atoms with Gasteiger partial charge in [0.2, 0.25) is 0 Å². The summed E-state index contributed by atoms with van der Waals surface area (Å²) in [5.74, 6) is 0.505. The highest BCUT2D eigenvalue weighted by molar-refractivity contribution is 9.10. The zero-order valence-corrected chi connectivity index (χ0v) is 19.1.